The zero-order chi connectivity index (χ0) is 13.6. The first-order valence-electron chi connectivity index (χ1n) is 5.05. The van der Waals surface area contributed by atoms with E-state index in [2.05, 4.69) is 32.5 Å². The van der Waals surface area contributed by atoms with Crippen molar-refractivity contribution in [3.63, 3.8) is 0 Å². The number of amides is 1. The van der Waals surface area contributed by atoms with Gasteiger partial charge in [0.1, 0.15) is 4.21 Å². The van der Waals surface area contributed by atoms with Crippen LogP contribution in [0.25, 0.3) is 0 Å². The van der Waals surface area contributed by atoms with Gasteiger partial charge in [-0.1, -0.05) is 28.6 Å². The van der Waals surface area contributed by atoms with E-state index in [-0.39, 0.29) is 23.1 Å². The average Bonchev–Trinajstić information content (AvgIpc) is 2.80. The summed E-state index contributed by atoms with van der Waals surface area (Å²) < 4.78 is 26.7. The summed E-state index contributed by atoms with van der Waals surface area (Å²) >= 11 is 4.24. The van der Waals surface area contributed by atoms with Crippen molar-refractivity contribution in [2.75, 3.05) is 13.1 Å². The highest BCUT2D eigenvalue weighted by molar-refractivity contribution is 9.11. The molecule has 1 amide bonds. The van der Waals surface area contributed by atoms with Crippen molar-refractivity contribution < 1.29 is 13.2 Å². The standard InChI is InChI=1S/C10H13BrN2O3S2/c1-8(11)7-12-9(14)4-5-13-18(15,16)10-3-2-6-17-10/h2-3,6,13H,1,4-5,7H2,(H,12,14). The molecule has 0 aliphatic heterocycles. The second-order valence-electron chi connectivity index (χ2n) is 3.37. The largest absolute Gasteiger partial charge is 0.351 e. The number of carbonyl (C=O) groups is 1. The second kappa shape index (κ2) is 7.03. The van der Waals surface area contributed by atoms with E-state index in [1.54, 1.807) is 11.4 Å². The molecule has 1 aromatic rings. The van der Waals surface area contributed by atoms with Gasteiger partial charge in [0.25, 0.3) is 0 Å². The molecule has 0 aromatic carbocycles. The lowest BCUT2D eigenvalue weighted by Crippen LogP contribution is -2.30. The van der Waals surface area contributed by atoms with E-state index < -0.39 is 10.0 Å². The Labute approximate surface area is 118 Å². The zero-order valence-corrected chi connectivity index (χ0v) is 12.7. The quantitative estimate of drug-likeness (QED) is 0.779. The van der Waals surface area contributed by atoms with Gasteiger partial charge in [-0.2, -0.15) is 0 Å². The Hall–Kier alpha value is -0.700. The highest BCUT2D eigenvalue weighted by Gasteiger charge is 2.14. The predicted molar refractivity (Wildman–Crippen MR) is 75.2 cm³/mol. The molecule has 0 spiro atoms. The molecule has 8 heteroatoms. The van der Waals surface area contributed by atoms with E-state index in [0.717, 1.165) is 11.3 Å². The lowest BCUT2D eigenvalue weighted by Gasteiger charge is -2.05. The minimum Gasteiger partial charge on any atom is -0.351 e. The first-order chi connectivity index (χ1) is 8.42. The third-order valence-electron chi connectivity index (χ3n) is 1.88. The summed E-state index contributed by atoms with van der Waals surface area (Å²) in [5.74, 6) is -0.232. The van der Waals surface area contributed by atoms with Crippen molar-refractivity contribution in [3.05, 3.63) is 28.6 Å². The summed E-state index contributed by atoms with van der Waals surface area (Å²) in [6.45, 7) is 3.97. The molecule has 0 radical (unpaired) electrons. The SMILES string of the molecule is C=C(Br)CNC(=O)CCNS(=O)(=O)c1cccs1. The van der Waals surface area contributed by atoms with Gasteiger partial charge in [-0.25, -0.2) is 13.1 Å². The molecule has 1 heterocycles. The molecule has 0 aliphatic carbocycles. The molecular formula is C10H13BrN2O3S2. The number of hydrogen-bond donors (Lipinski definition) is 2. The minimum atomic E-state index is -3.48. The van der Waals surface area contributed by atoms with E-state index in [1.165, 1.54) is 6.07 Å². The normalized spacial score (nSPS) is 11.2. The van der Waals surface area contributed by atoms with Crippen molar-refractivity contribution >= 4 is 43.2 Å². The molecule has 1 aromatic heterocycles. The summed E-state index contributed by atoms with van der Waals surface area (Å²) in [5.41, 5.74) is 0. The monoisotopic (exact) mass is 352 g/mol. The topological polar surface area (TPSA) is 75.3 Å². The molecule has 0 saturated heterocycles. The van der Waals surface area contributed by atoms with Gasteiger partial charge in [0.05, 0.1) is 0 Å². The van der Waals surface area contributed by atoms with E-state index in [9.17, 15) is 13.2 Å². The lowest BCUT2D eigenvalue weighted by atomic mass is 10.4. The third-order valence-corrected chi connectivity index (χ3v) is 5.02. The second-order valence-corrected chi connectivity index (χ2v) is 7.44. The predicted octanol–water partition coefficient (Wildman–Crippen LogP) is 1.44. The Morgan fingerprint density at radius 3 is 2.78 bits per heavy atom. The fourth-order valence-corrected chi connectivity index (χ4v) is 3.28. The summed E-state index contributed by atoms with van der Waals surface area (Å²) in [7, 11) is -3.48. The van der Waals surface area contributed by atoms with E-state index in [0.29, 0.717) is 11.0 Å². The molecule has 0 aliphatic rings. The molecule has 1 rings (SSSR count). The van der Waals surface area contributed by atoms with E-state index in [1.807, 2.05) is 0 Å². The maximum absolute atomic E-state index is 11.7. The first kappa shape index (κ1) is 15.4. The Balaban J connectivity index is 2.34. The molecule has 0 fully saturated rings. The van der Waals surface area contributed by atoms with Crippen LogP contribution in [-0.4, -0.2) is 27.4 Å². The smallest absolute Gasteiger partial charge is 0.250 e. The molecule has 2 N–H and O–H groups in total. The number of thiophene rings is 1. The highest BCUT2D eigenvalue weighted by Crippen LogP contribution is 2.14. The third kappa shape index (κ3) is 5.30. The van der Waals surface area contributed by atoms with Gasteiger partial charge in [-0.05, 0) is 11.4 Å². The van der Waals surface area contributed by atoms with Gasteiger partial charge in [0.15, 0.2) is 0 Å². The fraction of sp³-hybridized carbons (Fsp3) is 0.300. The molecule has 0 atom stereocenters. The van der Waals surface area contributed by atoms with Crippen LogP contribution in [-0.2, 0) is 14.8 Å². The Morgan fingerprint density at radius 1 is 1.50 bits per heavy atom. The van der Waals surface area contributed by atoms with Gasteiger partial charge in [0, 0.05) is 24.0 Å². The van der Waals surface area contributed by atoms with E-state index >= 15 is 0 Å². The van der Waals surface area contributed by atoms with Crippen LogP contribution in [0.3, 0.4) is 0 Å². The maximum atomic E-state index is 11.7. The van der Waals surface area contributed by atoms with Crippen molar-refractivity contribution in [1.82, 2.24) is 10.0 Å². The summed E-state index contributed by atoms with van der Waals surface area (Å²) in [4.78, 5) is 11.3. The van der Waals surface area contributed by atoms with Crippen molar-refractivity contribution in [3.8, 4) is 0 Å². The molecule has 0 unspecified atom stereocenters. The lowest BCUT2D eigenvalue weighted by molar-refractivity contribution is -0.120. The van der Waals surface area contributed by atoms with Crippen molar-refractivity contribution in [1.29, 1.82) is 0 Å². The van der Waals surface area contributed by atoms with Gasteiger partial charge in [-0.3, -0.25) is 4.79 Å². The molecule has 100 valence electrons. The Kier molecular flexibility index (Phi) is 6.00. The summed E-state index contributed by atoms with van der Waals surface area (Å²) in [6, 6.07) is 3.18. The fourth-order valence-electron chi connectivity index (χ4n) is 1.07. The van der Waals surface area contributed by atoms with Gasteiger partial charge in [-0.15, -0.1) is 11.3 Å². The van der Waals surface area contributed by atoms with Crippen LogP contribution in [0.2, 0.25) is 0 Å². The van der Waals surface area contributed by atoms with Crippen LogP contribution >= 0.6 is 27.3 Å². The van der Waals surface area contributed by atoms with Crippen molar-refractivity contribution in [2.45, 2.75) is 10.6 Å². The number of hydrogen-bond acceptors (Lipinski definition) is 4. The maximum Gasteiger partial charge on any atom is 0.250 e. The van der Waals surface area contributed by atoms with Crippen molar-refractivity contribution in [2.24, 2.45) is 0 Å². The zero-order valence-electron chi connectivity index (χ0n) is 9.48. The van der Waals surface area contributed by atoms with Crippen LogP contribution in [0, 0.1) is 0 Å². The van der Waals surface area contributed by atoms with Crippen LogP contribution in [0.15, 0.2) is 32.8 Å². The highest BCUT2D eigenvalue weighted by atomic mass is 79.9. The Bertz CT molecular complexity index is 511. The van der Waals surface area contributed by atoms with Crippen LogP contribution in [0.4, 0.5) is 0 Å². The van der Waals surface area contributed by atoms with Gasteiger partial charge < -0.3 is 5.32 Å². The van der Waals surface area contributed by atoms with Crippen LogP contribution in [0.5, 0.6) is 0 Å². The molecular weight excluding hydrogens is 340 g/mol. The van der Waals surface area contributed by atoms with E-state index in [4.69, 9.17) is 0 Å². The van der Waals surface area contributed by atoms with Crippen LogP contribution < -0.4 is 10.0 Å². The van der Waals surface area contributed by atoms with Gasteiger partial charge >= 0.3 is 0 Å². The molecule has 0 saturated carbocycles. The molecule has 18 heavy (non-hydrogen) atoms. The first-order valence-corrected chi connectivity index (χ1v) is 8.20. The number of sulfonamides is 1. The Morgan fingerprint density at radius 2 is 2.22 bits per heavy atom. The summed E-state index contributed by atoms with van der Waals surface area (Å²) in [5, 5.41) is 4.27. The molecule has 5 nitrogen and oxygen atoms in total. The van der Waals surface area contributed by atoms with Crippen LogP contribution in [0.1, 0.15) is 6.42 Å². The average molecular weight is 353 g/mol. The van der Waals surface area contributed by atoms with Gasteiger partial charge in [0.2, 0.25) is 15.9 Å². The minimum absolute atomic E-state index is 0.0703. The molecule has 0 bridgehead atoms. The number of carbonyl (C=O) groups excluding carboxylic acids is 1. The number of nitrogens with one attached hydrogen (secondary N) is 2. The summed E-state index contributed by atoms with van der Waals surface area (Å²) in [6.07, 6.45) is 0.0882. The number of halogens is 1. The number of rotatable bonds is 7.